The number of nitrogens with zero attached hydrogens (tertiary/aromatic N) is 1. The highest BCUT2D eigenvalue weighted by Crippen LogP contribution is 2.24. The SMILES string of the molecule is CC(=O)NC1C(OCCN2C(=O)c3ccccc3C2=O)OC(CO)C(O)C1O. The number of imide groups is 1. The van der Waals surface area contributed by atoms with E-state index in [0.29, 0.717) is 11.1 Å². The lowest BCUT2D eigenvalue weighted by molar-refractivity contribution is -0.270. The average molecular weight is 394 g/mol. The van der Waals surface area contributed by atoms with Gasteiger partial charge in [-0.25, -0.2) is 0 Å². The van der Waals surface area contributed by atoms with Crippen molar-refractivity contribution in [3.8, 4) is 0 Å². The van der Waals surface area contributed by atoms with Gasteiger partial charge >= 0.3 is 0 Å². The Kier molecular flexibility index (Phi) is 6.06. The van der Waals surface area contributed by atoms with E-state index in [1.165, 1.54) is 6.92 Å². The first-order valence-corrected chi connectivity index (χ1v) is 8.81. The quantitative estimate of drug-likeness (QED) is 0.415. The Labute approximate surface area is 160 Å². The van der Waals surface area contributed by atoms with Gasteiger partial charge in [0.2, 0.25) is 5.91 Å². The molecule has 5 unspecified atom stereocenters. The molecule has 1 fully saturated rings. The molecule has 2 aliphatic heterocycles. The first kappa shape index (κ1) is 20.4. The van der Waals surface area contributed by atoms with Crippen molar-refractivity contribution in [1.82, 2.24) is 10.2 Å². The minimum atomic E-state index is -1.43. The number of hydrogen-bond donors (Lipinski definition) is 4. The van der Waals surface area contributed by atoms with Gasteiger partial charge in [-0.05, 0) is 12.1 Å². The minimum Gasteiger partial charge on any atom is -0.394 e. The maximum atomic E-state index is 12.3. The van der Waals surface area contributed by atoms with E-state index in [4.69, 9.17) is 9.47 Å². The zero-order valence-electron chi connectivity index (χ0n) is 15.1. The molecule has 1 aromatic carbocycles. The molecule has 5 atom stereocenters. The fourth-order valence-electron chi connectivity index (χ4n) is 3.32. The molecule has 2 aliphatic rings. The van der Waals surface area contributed by atoms with Crippen LogP contribution in [0.5, 0.6) is 0 Å². The van der Waals surface area contributed by atoms with Crippen molar-refractivity contribution in [3.63, 3.8) is 0 Å². The second kappa shape index (κ2) is 8.33. The Morgan fingerprint density at radius 2 is 1.79 bits per heavy atom. The van der Waals surface area contributed by atoms with Crippen LogP contribution < -0.4 is 5.32 Å². The van der Waals surface area contributed by atoms with Gasteiger partial charge in [0, 0.05) is 6.92 Å². The summed E-state index contributed by atoms with van der Waals surface area (Å²) in [5, 5.41) is 31.9. The van der Waals surface area contributed by atoms with Crippen LogP contribution in [0.2, 0.25) is 0 Å². The van der Waals surface area contributed by atoms with Crippen molar-refractivity contribution < 1.29 is 39.2 Å². The van der Waals surface area contributed by atoms with E-state index < -0.39 is 55.0 Å². The number of amides is 3. The number of aliphatic hydroxyl groups excluding tert-OH is 3. The molecular formula is C18H22N2O8. The highest BCUT2D eigenvalue weighted by atomic mass is 16.7. The number of benzene rings is 1. The molecule has 10 heteroatoms. The van der Waals surface area contributed by atoms with E-state index in [9.17, 15) is 29.7 Å². The molecular weight excluding hydrogens is 372 g/mol. The van der Waals surface area contributed by atoms with Gasteiger partial charge in [0.05, 0.1) is 30.9 Å². The summed E-state index contributed by atoms with van der Waals surface area (Å²) < 4.78 is 11.0. The highest BCUT2D eigenvalue weighted by Gasteiger charge is 2.45. The van der Waals surface area contributed by atoms with Crippen molar-refractivity contribution in [2.24, 2.45) is 0 Å². The van der Waals surface area contributed by atoms with E-state index in [-0.39, 0.29) is 13.2 Å². The van der Waals surface area contributed by atoms with Crippen LogP contribution in [0.1, 0.15) is 27.6 Å². The molecule has 10 nitrogen and oxygen atoms in total. The molecule has 0 spiro atoms. The van der Waals surface area contributed by atoms with Gasteiger partial charge in [-0.1, -0.05) is 12.1 Å². The maximum Gasteiger partial charge on any atom is 0.261 e. The summed E-state index contributed by atoms with van der Waals surface area (Å²) in [6, 6.07) is 5.38. The van der Waals surface area contributed by atoms with E-state index in [1.54, 1.807) is 24.3 Å². The molecule has 0 saturated carbocycles. The van der Waals surface area contributed by atoms with Crippen molar-refractivity contribution in [2.45, 2.75) is 37.6 Å². The van der Waals surface area contributed by atoms with E-state index in [0.717, 1.165) is 4.90 Å². The molecule has 28 heavy (non-hydrogen) atoms. The topological polar surface area (TPSA) is 146 Å². The lowest BCUT2D eigenvalue weighted by Crippen LogP contribution is -2.64. The van der Waals surface area contributed by atoms with E-state index in [1.807, 2.05) is 0 Å². The zero-order valence-corrected chi connectivity index (χ0v) is 15.1. The average Bonchev–Trinajstić information content (AvgIpc) is 2.92. The van der Waals surface area contributed by atoms with Gasteiger partial charge in [0.25, 0.3) is 11.8 Å². The van der Waals surface area contributed by atoms with Gasteiger partial charge in [0.1, 0.15) is 24.4 Å². The van der Waals surface area contributed by atoms with Crippen molar-refractivity contribution >= 4 is 17.7 Å². The Hall–Kier alpha value is -2.37. The van der Waals surface area contributed by atoms with Crippen LogP contribution >= 0.6 is 0 Å². The van der Waals surface area contributed by atoms with Crippen LogP contribution in [0.4, 0.5) is 0 Å². The summed E-state index contributed by atoms with van der Waals surface area (Å²) in [5.41, 5.74) is 0.632. The van der Waals surface area contributed by atoms with Crippen LogP contribution in [0.25, 0.3) is 0 Å². The first-order chi connectivity index (χ1) is 13.3. The summed E-state index contributed by atoms with van der Waals surface area (Å²) in [7, 11) is 0. The van der Waals surface area contributed by atoms with Crippen LogP contribution in [-0.2, 0) is 14.3 Å². The lowest BCUT2D eigenvalue weighted by atomic mass is 9.97. The monoisotopic (exact) mass is 394 g/mol. The molecule has 4 N–H and O–H groups in total. The lowest BCUT2D eigenvalue weighted by Gasteiger charge is -2.42. The largest absolute Gasteiger partial charge is 0.394 e. The fourth-order valence-corrected chi connectivity index (χ4v) is 3.32. The molecule has 0 bridgehead atoms. The van der Waals surface area contributed by atoms with Gasteiger partial charge in [-0.3, -0.25) is 19.3 Å². The van der Waals surface area contributed by atoms with Gasteiger partial charge in [-0.15, -0.1) is 0 Å². The predicted octanol–water partition coefficient (Wildman–Crippen LogP) is -1.76. The molecule has 152 valence electrons. The number of nitrogens with one attached hydrogen (secondary N) is 1. The van der Waals surface area contributed by atoms with Crippen LogP contribution in [0.3, 0.4) is 0 Å². The summed E-state index contributed by atoms with van der Waals surface area (Å²) in [6.07, 6.45) is -5.14. The third-order valence-corrected chi connectivity index (χ3v) is 4.73. The third kappa shape index (κ3) is 3.77. The standard InChI is InChI=1S/C18H22N2O8/c1-9(22)19-13-15(24)14(23)12(8-21)28-18(13)27-7-6-20-16(25)10-4-2-3-5-11(10)17(20)26/h2-5,12-15,18,21,23-24H,6-8H2,1H3,(H,19,22). The molecule has 0 aliphatic carbocycles. The van der Waals surface area contributed by atoms with E-state index >= 15 is 0 Å². The summed E-state index contributed by atoms with van der Waals surface area (Å²) in [5.74, 6) is -1.34. The summed E-state index contributed by atoms with van der Waals surface area (Å²) in [4.78, 5) is 37.1. The Morgan fingerprint density at radius 3 is 2.32 bits per heavy atom. The first-order valence-electron chi connectivity index (χ1n) is 8.81. The number of fused-ring (bicyclic) bond motifs is 1. The molecule has 3 rings (SSSR count). The van der Waals surface area contributed by atoms with Crippen molar-refractivity contribution in [3.05, 3.63) is 35.4 Å². The molecule has 0 radical (unpaired) electrons. The molecule has 1 saturated heterocycles. The smallest absolute Gasteiger partial charge is 0.261 e. The molecule has 3 amide bonds. The Bertz CT molecular complexity index is 735. The van der Waals surface area contributed by atoms with Crippen LogP contribution in [0.15, 0.2) is 24.3 Å². The normalized spacial score (nSPS) is 29.7. The Morgan fingerprint density at radius 1 is 1.18 bits per heavy atom. The second-order valence-electron chi connectivity index (χ2n) is 6.61. The molecule has 1 aromatic rings. The van der Waals surface area contributed by atoms with E-state index in [2.05, 4.69) is 5.32 Å². The molecule has 2 heterocycles. The number of hydrogen-bond acceptors (Lipinski definition) is 8. The number of carbonyl (C=O) groups is 3. The van der Waals surface area contributed by atoms with Crippen molar-refractivity contribution in [2.75, 3.05) is 19.8 Å². The maximum absolute atomic E-state index is 12.3. The predicted molar refractivity (Wildman–Crippen MR) is 93.1 cm³/mol. The number of ether oxygens (including phenoxy) is 2. The third-order valence-electron chi connectivity index (χ3n) is 4.73. The number of carbonyl (C=O) groups excluding carboxylic acids is 3. The number of aliphatic hydroxyl groups is 3. The van der Waals surface area contributed by atoms with Crippen molar-refractivity contribution in [1.29, 1.82) is 0 Å². The zero-order chi connectivity index (χ0) is 20.4. The Balaban J connectivity index is 1.64. The van der Waals surface area contributed by atoms with Gasteiger partial charge in [0.15, 0.2) is 6.29 Å². The van der Waals surface area contributed by atoms with Gasteiger partial charge in [-0.2, -0.15) is 0 Å². The summed E-state index contributed by atoms with van der Waals surface area (Å²) >= 11 is 0. The fraction of sp³-hybridized carbons (Fsp3) is 0.500. The van der Waals surface area contributed by atoms with Crippen LogP contribution in [-0.4, -0.2) is 88.3 Å². The number of rotatable bonds is 6. The minimum absolute atomic E-state index is 0.0680. The van der Waals surface area contributed by atoms with Gasteiger partial charge < -0.3 is 30.1 Å². The summed E-state index contributed by atoms with van der Waals surface area (Å²) in [6.45, 7) is 0.463. The van der Waals surface area contributed by atoms with Crippen LogP contribution in [0, 0.1) is 0 Å². The second-order valence-corrected chi connectivity index (χ2v) is 6.61. The highest BCUT2D eigenvalue weighted by molar-refractivity contribution is 6.21. The molecule has 0 aromatic heterocycles.